The first-order chi connectivity index (χ1) is 8.40. The fourth-order valence-corrected chi connectivity index (χ4v) is 4.02. The Morgan fingerprint density at radius 1 is 1.44 bits per heavy atom. The van der Waals surface area contributed by atoms with Crippen LogP contribution in [0.1, 0.15) is 33.1 Å². The summed E-state index contributed by atoms with van der Waals surface area (Å²) in [6.07, 6.45) is 3.95. The maximum absolute atomic E-state index is 11.8. The zero-order valence-corrected chi connectivity index (χ0v) is 10.9. The Bertz CT molecular complexity index is 488. The van der Waals surface area contributed by atoms with E-state index in [1.54, 1.807) is 6.08 Å². The topological polar surface area (TPSA) is 43.4 Å². The molecule has 2 aliphatic carbocycles. The average Bonchev–Trinajstić information content (AvgIpc) is 2.50. The summed E-state index contributed by atoms with van der Waals surface area (Å²) in [5.74, 6) is 0.475. The van der Waals surface area contributed by atoms with Crippen molar-refractivity contribution in [3.63, 3.8) is 0 Å². The van der Waals surface area contributed by atoms with Crippen molar-refractivity contribution in [2.75, 3.05) is 0 Å². The molecule has 1 aliphatic heterocycles. The van der Waals surface area contributed by atoms with Crippen molar-refractivity contribution in [2.24, 2.45) is 17.3 Å². The Balaban J connectivity index is 1.96. The van der Waals surface area contributed by atoms with Gasteiger partial charge in [-0.25, -0.2) is 4.79 Å². The van der Waals surface area contributed by atoms with Crippen LogP contribution >= 0.6 is 0 Å². The second-order valence-corrected chi connectivity index (χ2v) is 6.25. The van der Waals surface area contributed by atoms with Crippen LogP contribution in [-0.4, -0.2) is 17.9 Å². The van der Waals surface area contributed by atoms with Gasteiger partial charge in [-0.15, -0.1) is 0 Å². The third kappa shape index (κ3) is 1.49. The minimum Gasteiger partial charge on any atom is -0.458 e. The van der Waals surface area contributed by atoms with Gasteiger partial charge in [0.25, 0.3) is 0 Å². The summed E-state index contributed by atoms with van der Waals surface area (Å²) in [5, 5.41) is 0. The molecule has 2 fully saturated rings. The van der Waals surface area contributed by atoms with Crippen LogP contribution < -0.4 is 0 Å². The Labute approximate surface area is 107 Å². The van der Waals surface area contributed by atoms with E-state index in [-0.39, 0.29) is 29.2 Å². The first-order valence-electron chi connectivity index (χ1n) is 6.51. The molecule has 0 spiro atoms. The van der Waals surface area contributed by atoms with Crippen molar-refractivity contribution in [1.82, 2.24) is 0 Å². The molecule has 0 radical (unpaired) electrons. The highest BCUT2D eigenvalue weighted by Gasteiger charge is 2.53. The molecule has 3 aliphatic rings. The van der Waals surface area contributed by atoms with Gasteiger partial charge in [-0.05, 0) is 37.2 Å². The van der Waals surface area contributed by atoms with Crippen molar-refractivity contribution < 1.29 is 14.3 Å². The summed E-state index contributed by atoms with van der Waals surface area (Å²) in [5.41, 5.74) is 1.72. The van der Waals surface area contributed by atoms with Gasteiger partial charge in [0.2, 0.25) is 0 Å². The molecule has 0 amide bonds. The van der Waals surface area contributed by atoms with Crippen LogP contribution in [-0.2, 0) is 14.3 Å². The maximum Gasteiger partial charge on any atom is 0.334 e. The van der Waals surface area contributed by atoms with Crippen molar-refractivity contribution in [3.8, 4) is 0 Å². The van der Waals surface area contributed by atoms with Gasteiger partial charge in [-0.2, -0.15) is 0 Å². The highest BCUT2D eigenvalue weighted by atomic mass is 16.6. The highest BCUT2D eigenvalue weighted by molar-refractivity contribution is 5.93. The van der Waals surface area contributed by atoms with Crippen molar-refractivity contribution >= 4 is 11.8 Å². The predicted octanol–water partition coefficient (Wildman–Crippen LogP) is 2.42. The lowest BCUT2D eigenvalue weighted by Crippen LogP contribution is -2.44. The van der Waals surface area contributed by atoms with E-state index >= 15 is 0 Å². The monoisotopic (exact) mass is 246 g/mol. The summed E-state index contributed by atoms with van der Waals surface area (Å²) in [7, 11) is 0. The summed E-state index contributed by atoms with van der Waals surface area (Å²) < 4.78 is 5.39. The van der Waals surface area contributed by atoms with Crippen LogP contribution in [0.2, 0.25) is 0 Å². The van der Waals surface area contributed by atoms with Crippen LogP contribution in [0.25, 0.3) is 0 Å². The number of rotatable bonds is 0. The van der Waals surface area contributed by atoms with Gasteiger partial charge in [-0.3, -0.25) is 4.79 Å². The second-order valence-electron chi connectivity index (χ2n) is 6.25. The summed E-state index contributed by atoms with van der Waals surface area (Å²) in [6, 6.07) is 0. The first kappa shape index (κ1) is 11.7. The van der Waals surface area contributed by atoms with E-state index in [0.29, 0.717) is 17.9 Å². The third-order valence-electron chi connectivity index (χ3n) is 4.93. The van der Waals surface area contributed by atoms with Crippen LogP contribution in [0, 0.1) is 17.3 Å². The molecule has 1 saturated heterocycles. The minimum absolute atomic E-state index is 0.0536. The largest absolute Gasteiger partial charge is 0.458 e. The number of carbonyl (C=O) groups excluding carboxylic acids is 2. The molecule has 1 unspecified atom stereocenters. The van der Waals surface area contributed by atoms with Gasteiger partial charge in [0.15, 0.2) is 5.78 Å². The Hall–Kier alpha value is -1.38. The lowest BCUT2D eigenvalue weighted by Gasteiger charge is -2.47. The smallest absolute Gasteiger partial charge is 0.334 e. The molecule has 0 aromatic rings. The molecule has 3 rings (SSSR count). The third-order valence-corrected chi connectivity index (χ3v) is 4.93. The average molecular weight is 246 g/mol. The number of hydrogen-bond acceptors (Lipinski definition) is 3. The zero-order chi connectivity index (χ0) is 13.1. The van der Waals surface area contributed by atoms with E-state index in [1.165, 1.54) is 0 Å². The molecule has 0 N–H and O–H groups in total. The number of esters is 1. The SMILES string of the molecule is C=C1C(=O)O[C@@H]2C[C@@]3(C)CC(=O)C=C(C)C3C[C@H]12. The quantitative estimate of drug-likeness (QED) is 0.487. The van der Waals surface area contributed by atoms with Crippen LogP contribution in [0.3, 0.4) is 0 Å². The standard InChI is InChI=1S/C15H18O3/c1-8-4-10(16)6-15(3)7-13-11(5-12(8)15)9(2)14(17)18-13/h4,11-13H,2,5-7H2,1,3H3/t11-,12?,13-,15-/m1/s1. The fraction of sp³-hybridized carbons (Fsp3) is 0.600. The van der Waals surface area contributed by atoms with Crippen LogP contribution in [0.5, 0.6) is 0 Å². The summed E-state index contributed by atoms with van der Waals surface area (Å²) in [6.45, 7) is 8.04. The number of hydrogen-bond donors (Lipinski definition) is 0. The fourth-order valence-electron chi connectivity index (χ4n) is 4.02. The zero-order valence-electron chi connectivity index (χ0n) is 10.9. The van der Waals surface area contributed by atoms with E-state index < -0.39 is 0 Å². The molecule has 96 valence electrons. The van der Waals surface area contributed by atoms with Crippen LogP contribution in [0.15, 0.2) is 23.8 Å². The van der Waals surface area contributed by atoms with Gasteiger partial charge in [0, 0.05) is 17.9 Å². The number of carbonyl (C=O) groups is 2. The molecule has 1 saturated carbocycles. The van der Waals surface area contributed by atoms with E-state index in [0.717, 1.165) is 18.4 Å². The number of ether oxygens (including phenoxy) is 1. The Morgan fingerprint density at radius 3 is 2.89 bits per heavy atom. The molecule has 0 bridgehead atoms. The molecule has 0 aromatic carbocycles. The number of fused-ring (bicyclic) bond motifs is 2. The predicted molar refractivity (Wildman–Crippen MR) is 66.7 cm³/mol. The number of ketones is 1. The van der Waals surface area contributed by atoms with Crippen molar-refractivity contribution in [2.45, 2.75) is 39.2 Å². The van der Waals surface area contributed by atoms with E-state index in [9.17, 15) is 9.59 Å². The molecule has 18 heavy (non-hydrogen) atoms. The van der Waals surface area contributed by atoms with Crippen LogP contribution in [0.4, 0.5) is 0 Å². The highest BCUT2D eigenvalue weighted by Crippen LogP contribution is 2.54. The van der Waals surface area contributed by atoms with Gasteiger partial charge >= 0.3 is 5.97 Å². The summed E-state index contributed by atoms with van der Waals surface area (Å²) >= 11 is 0. The molecular formula is C15H18O3. The molecule has 0 aromatic heterocycles. The molecule has 3 heteroatoms. The van der Waals surface area contributed by atoms with Gasteiger partial charge in [0.1, 0.15) is 6.10 Å². The Morgan fingerprint density at radius 2 is 2.17 bits per heavy atom. The van der Waals surface area contributed by atoms with Gasteiger partial charge in [0.05, 0.1) is 0 Å². The molecular weight excluding hydrogens is 228 g/mol. The Kier molecular flexibility index (Phi) is 2.31. The minimum atomic E-state index is -0.250. The van der Waals surface area contributed by atoms with Crippen molar-refractivity contribution in [3.05, 3.63) is 23.8 Å². The van der Waals surface area contributed by atoms with Gasteiger partial charge in [-0.1, -0.05) is 19.1 Å². The molecule has 3 nitrogen and oxygen atoms in total. The molecule has 1 heterocycles. The second kappa shape index (κ2) is 3.56. The van der Waals surface area contributed by atoms with Gasteiger partial charge < -0.3 is 4.74 Å². The maximum atomic E-state index is 11.8. The molecule has 4 atom stereocenters. The lowest BCUT2D eigenvalue weighted by molar-refractivity contribution is -0.142. The number of allylic oxidation sites excluding steroid dienone is 2. The summed E-state index contributed by atoms with van der Waals surface area (Å²) in [4.78, 5) is 23.3. The van der Waals surface area contributed by atoms with E-state index in [1.807, 2.05) is 6.92 Å². The van der Waals surface area contributed by atoms with E-state index in [4.69, 9.17) is 4.74 Å². The van der Waals surface area contributed by atoms with Crippen molar-refractivity contribution in [1.29, 1.82) is 0 Å². The lowest BCUT2D eigenvalue weighted by atomic mass is 9.57. The van der Waals surface area contributed by atoms with E-state index in [2.05, 4.69) is 13.5 Å². The first-order valence-corrected chi connectivity index (χ1v) is 6.51. The normalized spacial score (nSPS) is 43.1.